The Bertz CT molecular complexity index is 965. The van der Waals surface area contributed by atoms with Gasteiger partial charge in [-0.3, -0.25) is 9.59 Å². The highest BCUT2D eigenvalue weighted by Crippen LogP contribution is 2.24. The Balaban J connectivity index is 2.20. The second-order valence-electron chi connectivity index (χ2n) is 10.1. The number of hydrogen-bond donors (Lipinski definition) is 0. The number of likely N-dealkylation sites (tertiary alicyclic amines) is 1. The minimum atomic E-state index is -3.59. The predicted molar refractivity (Wildman–Crippen MR) is 152 cm³/mol. The molecule has 0 bridgehead atoms. The van der Waals surface area contributed by atoms with Crippen LogP contribution >= 0.6 is 11.6 Å². The second kappa shape index (κ2) is 16.4. The van der Waals surface area contributed by atoms with Gasteiger partial charge in [0, 0.05) is 50.3 Å². The van der Waals surface area contributed by atoms with Gasteiger partial charge in [0.2, 0.25) is 21.8 Å². The summed E-state index contributed by atoms with van der Waals surface area (Å²) in [7, 11) is -2.07. The van der Waals surface area contributed by atoms with Crippen molar-refractivity contribution < 1.29 is 22.7 Å². The number of ether oxygens (including phenoxy) is 1. The van der Waals surface area contributed by atoms with E-state index in [4.69, 9.17) is 16.3 Å². The van der Waals surface area contributed by atoms with E-state index >= 15 is 0 Å². The smallest absolute Gasteiger partial charge is 0.238 e. The zero-order valence-corrected chi connectivity index (χ0v) is 25.1. The van der Waals surface area contributed by atoms with Gasteiger partial charge in [-0.25, -0.2) is 8.42 Å². The van der Waals surface area contributed by atoms with E-state index in [9.17, 15) is 18.0 Å². The lowest BCUT2D eigenvalue weighted by atomic mass is 9.95. The van der Waals surface area contributed by atoms with Crippen LogP contribution in [-0.4, -0.2) is 86.0 Å². The molecule has 1 saturated heterocycles. The number of methoxy groups -OCH3 is 1. The van der Waals surface area contributed by atoms with Gasteiger partial charge >= 0.3 is 0 Å². The number of hydrogen-bond acceptors (Lipinski definition) is 5. The highest BCUT2D eigenvalue weighted by Gasteiger charge is 2.33. The maximum atomic E-state index is 13.7. The number of carbonyl (C=O) groups excluding carboxylic acids is 2. The van der Waals surface area contributed by atoms with Gasteiger partial charge in [-0.05, 0) is 49.8 Å². The van der Waals surface area contributed by atoms with Crippen LogP contribution in [0.1, 0.15) is 71.3 Å². The van der Waals surface area contributed by atoms with Crippen molar-refractivity contribution in [2.45, 2.75) is 78.3 Å². The van der Waals surface area contributed by atoms with E-state index in [0.29, 0.717) is 43.9 Å². The molecule has 1 aliphatic rings. The van der Waals surface area contributed by atoms with E-state index in [1.807, 2.05) is 17.0 Å². The molecule has 1 fully saturated rings. The first-order chi connectivity index (χ1) is 18.2. The minimum Gasteiger partial charge on any atom is -0.383 e. The van der Waals surface area contributed by atoms with Gasteiger partial charge < -0.3 is 14.5 Å². The molecule has 8 nitrogen and oxygen atoms in total. The Morgan fingerprint density at radius 3 is 2.32 bits per heavy atom. The number of sulfonamides is 1. The normalized spacial score (nSPS) is 15.6. The summed E-state index contributed by atoms with van der Waals surface area (Å²) in [6.45, 7) is 7.67. The van der Waals surface area contributed by atoms with Crippen molar-refractivity contribution in [3.05, 3.63) is 34.9 Å². The Morgan fingerprint density at radius 1 is 1.11 bits per heavy atom. The number of rotatable bonds is 16. The number of benzene rings is 1. The average Bonchev–Trinajstić information content (AvgIpc) is 2.90. The minimum absolute atomic E-state index is 0.0156. The molecule has 2 rings (SSSR count). The maximum Gasteiger partial charge on any atom is 0.238 e. The molecule has 0 spiro atoms. The van der Waals surface area contributed by atoms with Crippen molar-refractivity contribution in [1.29, 1.82) is 0 Å². The Hall–Kier alpha value is -1.68. The number of unbranched alkanes of at least 4 members (excludes halogenated alkanes) is 1. The lowest BCUT2D eigenvalue weighted by Gasteiger charge is -2.40. The lowest BCUT2D eigenvalue weighted by Crippen LogP contribution is -2.52. The quantitative estimate of drug-likeness (QED) is 0.290. The fourth-order valence-corrected chi connectivity index (χ4v) is 6.51. The molecule has 0 radical (unpaired) electrons. The highest BCUT2D eigenvalue weighted by atomic mass is 35.5. The largest absolute Gasteiger partial charge is 0.383 e. The van der Waals surface area contributed by atoms with Crippen molar-refractivity contribution >= 4 is 33.4 Å². The molecular weight excluding hydrogens is 526 g/mol. The van der Waals surface area contributed by atoms with Crippen molar-refractivity contribution in [2.24, 2.45) is 5.92 Å². The van der Waals surface area contributed by atoms with Crippen LogP contribution in [0.2, 0.25) is 5.02 Å². The van der Waals surface area contributed by atoms with E-state index in [-0.39, 0.29) is 49.2 Å². The fraction of sp³-hybridized carbons (Fsp3) is 0.714. The maximum absolute atomic E-state index is 13.7. The zero-order chi connectivity index (χ0) is 28.1. The first-order valence-corrected chi connectivity index (χ1v) is 15.9. The number of nitrogens with zero attached hydrogens (tertiary/aromatic N) is 3. The molecule has 0 saturated carbocycles. The topological polar surface area (TPSA) is 87.2 Å². The molecule has 216 valence electrons. The van der Waals surface area contributed by atoms with E-state index < -0.39 is 10.0 Å². The SMILES string of the molecule is CCCCC(CC)C(=O)N1CCC(N(Cc2ccc(Cl)cc2)C(=O)CN(CCOC)S(=O)(=O)CCC)CC1. The third kappa shape index (κ3) is 9.81. The molecule has 0 aliphatic carbocycles. The Morgan fingerprint density at radius 2 is 1.76 bits per heavy atom. The Labute approximate surface area is 234 Å². The molecule has 2 amide bonds. The number of piperidine rings is 1. The average molecular weight is 572 g/mol. The van der Waals surface area contributed by atoms with Crippen LogP contribution in [0, 0.1) is 5.92 Å². The van der Waals surface area contributed by atoms with Gasteiger partial charge in [0.05, 0.1) is 18.9 Å². The third-order valence-corrected chi connectivity index (χ3v) is 9.54. The Kier molecular flexibility index (Phi) is 14.1. The van der Waals surface area contributed by atoms with E-state index in [2.05, 4.69) is 13.8 Å². The van der Waals surface area contributed by atoms with Crippen molar-refractivity contribution in [1.82, 2.24) is 14.1 Å². The van der Waals surface area contributed by atoms with Crippen LogP contribution in [0.3, 0.4) is 0 Å². The van der Waals surface area contributed by atoms with Crippen molar-refractivity contribution in [2.75, 3.05) is 45.6 Å². The molecule has 1 atom stereocenters. The summed E-state index contributed by atoms with van der Waals surface area (Å²) in [6.07, 6.45) is 5.66. The fourth-order valence-electron chi connectivity index (χ4n) is 4.95. The molecule has 1 unspecified atom stereocenters. The van der Waals surface area contributed by atoms with Gasteiger partial charge in [0.25, 0.3) is 0 Å². The summed E-state index contributed by atoms with van der Waals surface area (Å²) in [4.78, 5) is 30.6. The molecule has 38 heavy (non-hydrogen) atoms. The van der Waals surface area contributed by atoms with Crippen molar-refractivity contribution in [3.63, 3.8) is 0 Å². The summed E-state index contributed by atoms with van der Waals surface area (Å²) in [6, 6.07) is 7.27. The van der Waals surface area contributed by atoms with E-state index in [1.54, 1.807) is 24.0 Å². The number of halogens is 1. The summed E-state index contributed by atoms with van der Waals surface area (Å²) in [5.41, 5.74) is 0.923. The molecule has 1 aromatic carbocycles. The van der Waals surface area contributed by atoms with E-state index in [1.165, 1.54) is 11.4 Å². The first-order valence-electron chi connectivity index (χ1n) is 14.0. The lowest BCUT2D eigenvalue weighted by molar-refractivity contribution is -0.140. The van der Waals surface area contributed by atoms with Gasteiger partial charge in [-0.2, -0.15) is 4.31 Å². The summed E-state index contributed by atoms with van der Waals surface area (Å²) in [5, 5.41) is 0.614. The summed E-state index contributed by atoms with van der Waals surface area (Å²) < 4.78 is 32.1. The summed E-state index contributed by atoms with van der Waals surface area (Å²) in [5.74, 6) is 0.0101. The predicted octanol–water partition coefficient (Wildman–Crippen LogP) is 4.56. The van der Waals surface area contributed by atoms with Crippen LogP contribution in [-0.2, 0) is 30.9 Å². The van der Waals surface area contributed by atoms with Crippen LogP contribution in [0.5, 0.6) is 0 Å². The molecule has 1 heterocycles. The van der Waals surface area contributed by atoms with Gasteiger partial charge in [-0.15, -0.1) is 0 Å². The second-order valence-corrected chi connectivity index (χ2v) is 12.6. The molecule has 1 aliphatic heterocycles. The number of carbonyl (C=O) groups is 2. The van der Waals surface area contributed by atoms with Crippen molar-refractivity contribution in [3.8, 4) is 0 Å². The molecule has 1 aromatic rings. The third-order valence-electron chi connectivity index (χ3n) is 7.26. The van der Waals surface area contributed by atoms with Crippen LogP contribution in [0.25, 0.3) is 0 Å². The molecule has 0 N–H and O–H groups in total. The van der Waals surface area contributed by atoms with Gasteiger partial charge in [0.1, 0.15) is 0 Å². The van der Waals surface area contributed by atoms with E-state index in [0.717, 1.165) is 31.2 Å². The van der Waals surface area contributed by atoms with Gasteiger partial charge in [-0.1, -0.05) is 57.3 Å². The van der Waals surface area contributed by atoms with Crippen LogP contribution in [0.15, 0.2) is 24.3 Å². The van der Waals surface area contributed by atoms with Crippen LogP contribution in [0.4, 0.5) is 0 Å². The van der Waals surface area contributed by atoms with Gasteiger partial charge in [0.15, 0.2) is 0 Å². The van der Waals surface area contributed by atoms with Crippen LogP contribution < -0.4 is 0 Å². The zero-order valence-electron chi connectivity index (χ0n) is 23.5. The molecule has 0 aromatic heterocycles. The number of amides is 2. The highest BCUT2D eigenvalue weighted by molar-refractivity contribution is 7.89. The monoisotopic (exact) mass is 571 g/mol. The molecule has 10 heteroatoms. The molecular formula is C28H46ClN3O5S. The first kappa shape index (κ1) is 32.5. The summed E-state index contributed by atoms with van der Waals surface area (Å²) >= 11 is 6.07. The standard InChI is InChI=1S/C28H46ClN3O5S/c1-5-8-9-24(7-3)28(34)30-16-14-26(15-17-30)32(21-23-10-12-25(29)13-11-23)27(33)22-31(18-19-37-4)38(35,36)20-6-2/h10-13,24,26H,5-9,14-22H2,1-4H3.